The van der Waals surface area contributed by atoms with Gasteiger partial charge >= 0.3 is 0 Å². The van der Waals surface area contributed by atoms with Gasteiger partial charge in [-0.15, -0.1) is 0 Å². The van der Waals surface area contributed by atoms with Gasteiger partial charge in [0.2, 0.25) is 0 Å². The zero-order valence-electron chi connectivity index (χ0n) is 16.2. The van der Waals surface area contributed by atoms with E-state index in [9.17, 15) is 13.9 Å². The molecule has 2 aromatic carbocycles. The van der Waals surface area contributed by atoms with Gasteiger partial charge in [0.1, 0.15) is 5.75 Å². The molecule has 146 valence electrons. The summed E-state index contributed by atoms with van der Waals surface area (Å²) in [6.07, 6.45) is 1.78. The Morgan fingerprint density at radius 1 is 1.11 bits per heavy atom. The zero-order valence-corrected chi connectivity index (χ0v) is 16.2. The predicted octanol–water partition coefficient (Wildman–Crippen LogP) is 5.55. The smallest absolute Gasteiger partial charge is 0.160 e. The van der Waals surface area contributed by atoms with Crippen LogP contribution in [0.4, 0.5) is 8.78 Å². The van der Waals surface area contributed by atoms with Crippen LogP contribution in [0.5, 0.6) is 5.75 Å². The van der Waals surface area contributed by atoms with Gasteiger partial charge in [-0.1, -0.05) is 26.8 Å². The molecular weight excluding hydrogens is 360 g/mol. The molecule has 5 rings (SSSR count). The van der Waals surface area contributed by atoms with Gasteiger partial charge < -0.3 is 14.4 Å². The summed E-state index contributed by atoms with van der Waals surface area (Å²) < 4.78 is 36.1. The van der Waals surface area contributed by atoms with Gasteiger partial charge in [-0.05, 0) is 43.0 Å². The van der Waals surface area contributed by atoms with Crippen molar-refractivity contribution < 1.29 is 18.6 Å². The molecule has 1 aromatic heterocycles. The fourth-order valence-corrected chi connectivity index (χ4v) is 5.15. The molecule has 0 bridgehead atoms. The van der Waals surface area contributed by atoms with Crippen LogP contribution in [-0.2, 0) is 15.8 Å². The van der Waals surface area contributed by atoms with Crippen molar-refractivity contribution >= 4 is 10.9 Å². The number of nitrogens with zero attached hydrogens (tertiary/aromatic N) is 1. The number of aromatic nitrogens is 1. The maximum atomic E-state index is 14.1. The highest BCUT2D eigenvalue weighted by atomic mass is 19.2. The molecule has 28 heavy (non-hydrogen) atoms. The Morgan fingerprint density at radius 2 is 1.86 bits per heavy atom. The number of fused-ring (bicyclic) bond motifs is 4. The number of hydrogen-bond acceptors (Lipinski definition) is 2. The van der Waals surface area contributed by atoms with Crippen molar-refractivity contribution in [2.24, 2.45) is 5.92 Å². The van der Waals surface area contributed by atoms with Crippen LogP contribution in [0, 0.1) is 17.6 Å². The van der Waals surface area contributed by atoms with E-state index in [-0.39, 0.29) is 11.2 Å². The summed E-state index contributed by atoms with van der Waals surface area (Å²) in [4.78, 5) is 0. The number of aromatic hydroxyl groups is 1. The minimum absolute atomic E-state index is 0.190. The Morgan fingerprint density at radius 3 is 2.54 bits per heavy atom. The maximum Gasteiger partial charge on any atom is 0.160 e. The topological polar surface area (TPSA) is 34.4 Å². The summed E-state index contributed by atoms with van der Waals surface area (Å²) in [5.41, 5.74) is 2.57. The van der Waals surface area contributed by atoms with Crippen molar-refractivity contribution in [1.82, 2.24) is 4.57 Å². The lowest BCUT2D eigenvalue weighted by Crippen LogP contribution is -2.50. The molecule has 0 saturated heterocycles. The zero-order chi connectivity index (χ0) is 19.8. The van der Waals surface area contributed by atoms with E-state index in [4.69, 9.17) is 4.74 Å². The number of ether oxygens (including phenoxy) is 1. The Balaban J connectivity index is 1.92. The molecule has 0 atom stereocenters. The quantitative estimate of drug-likeness (QED) is 0.598. The third-order valence-electron chi connectivity index (χ3n) is 6.30. The first-order valence-corrected chi connectivity index (χ1v) is 9.70. The highest BCUT2D eigenvalue weighted by Gasteiger charge is 2.54. The van der Waals surface area contributed by atoms with Crippen molar-refractivity contribution in [3.63, 3.8) is 0 Å². The summed E-state index contributed by atoms with van der Waals surface area (Å²) in [5.74, 6) is -1.02. The van der Waals surface area contributed by atoms with Crippen LogP contribution in [0.2, 0.25) is 0 Å². The van der Waals surface area contributed by atoms with E-state index in [1.54, 1.807) is 18.2 Å². The fraction of sp³-hybridized carbons (Fsp3) is 0.391. The van der Waals surface area contributed by atoms with E-state index < -0.39 is 17.2 Å². The number of phenols is 1. The Bertz CT molecular complexity index is 1110. The molecular formula is C23H23F2NO2. The van der Waals surface area contributed by atoms with Crippen molar-refractivity contribution in [2.75, 3.05) is 6.61 Å². The van der Waals surface area contributed by atoms with Gasteiger partial charge in [0.25, 0.3) is 0 Å². The maximum absolute atomic E-state index is 14.1. The highest BCUT2D eigenvalue weighted by molar-refractivity contribution is 5.94. The largest absolute Gasteiger partial charge is 0.507 e. The molecule has 2 aliphatic rings. The van der Waals surface area contributed by atoms with Crippen LogP contribution in [0.15, 0.2) is 36.4 Å². The molecule has 1 N–H and O–H groups in total. The SMILES string of the molecule is CC1CC2(C1)OCC(C)(C)c1c2c2c(O)cccc2n1-c1ccc(F)c(F)c1. The van der Waals surface area contributed by atoms with Crippen molar-refractivity contribution in [2.45, 2.75) is 44.6 Å². The van der Waals surface area contributed by atoms with Gasteiger partial charge in [0.05, 0.1) is 17.7 Å². The summed E-state index contributed by atoms with van der Waals surface area (Å²) in [5, 5.41) is 11.5. The standard InChI is InChI=1S/C23H23F2NO2/c1-13-10-23(11-13)20-19-17(5-4-6-18(19)27)26(21(20)22(2,3)12-28-23)14-7-8-15(24)16(25)9-14/h4-9,13,27H,10-12H2,1-3H3. The highest BCUT2D eigenvalue weighted by Crippen LogP contribution is 2.58. The number of benzene rings is 2. The lowest BCUT2D eigenvalue weighted by molar-refractivity contribution is -0.155. The van der Waals surface area contributed by atoms with E-state index >= 15 is 0 Å². The summed E-state index contributed by atoms with van der Waals surface area (Å²) >= 11 is 0. The number of rotatable bonds is 1. The molecule has 1 aliphatic heterocycles. The fourth-order valence-electron chi connectivity index (χ4n) is 5.15. The summed E-state index contributed by atoms with van der Waals surface area (Å²) in [6, 6.07) is 9.34. The van der Waals surface area contributed by atoms with Crippen LogP contribution in [0.25, 0.3) is 16.6 Å². The van der Waals surface area contributed by atoms with Gasteiger partial charge in [0, 0.05) is 33.8 Å². The molecule has 1 saturated carbocycles. The average Bonchev–Trinajstić information content (AvgIpc) is 2.98. The van der Waals surface area contributed by atoms with Gasteiger partial charge in [0.15, 0.2) is 11.6 Å². The van der Waals surface area contributed by atoms with Gasteiger partial charge in [-0.2, -0.15) is 0 Å². The van der Waals surface area contributed by atoms with E-state index in [2.05, 4.69) is 20.8 Å². The van der Waals surface area contributed by atoms with Crippen LogP contribution < -0.4 is 0 Å². The predicted molar refractivity (Wildman–Crippen MR) is 104 cm³/mol. The van der Waals surface area contributed by atoms with E-state index in [0.29, 0.717) is 18.2 Å². The third kappa shape index (κ3) is 2.23. The average molecular weight is 383 g/mol. The van der Waals surface area contributed by atoms with Crippen LogP contribution in [-0.4, -0.2) is 16.3 Å². The summed E-state index contributed by atoms with van der Waals surface area (Å²) in [6.45, 7) is 6.91. The number of phenolic OH excluding ortho intramolecular Hbond substituents is 1. The molecule has 3 aromatic rings. The second-order valence-corrected chi connectivity index (χ2v) is 9.01. The molecule has 0 amide bonds. The second kappa shape index (κ2) is 5.57. The molecule has 1 fully saturated rings. The molecule has 5 heteroatoms. The lowest BCUT2D eigenvalue weighted by Gasteiger charge is -2.52. The second-order valence-electron chi connectivity index (χ2n) is 9.01. The first kappa shape index (κ1) is 17.7. The Hall–Kier alpha value is -2.40. The molecule has 3 nitrogen and oxygen atoms in total. The third-order valence-corrected chi connectivity index (χ3v) is 6.30. The van der Waals surface area contributed by atoms with Crippen molar-refractivity contribution in [3.8, 4) is 11.4 Å². The molecule has 2 heterocycles. The van der Waals surface area contributed by atoms with Gasteiger partial charge in [-0.3, -0.25) is 0 Å². The monoisotopic (exact) mass is 383 g/mol. The first-order valence-electron chi connectivity index (χ1n) is 9.70. The van der Waals surface area contributed by atoms with E-state index in [0.717, 1.165) is 41.1 Å². The minimum Gasteiger partial charge on any atom is -0.507 e. The summed E-state index contributed by atoms with van der Waals surface area (Å²) in [7, 11) is 0. The first-order chi connectivity index (χ1) is 13.2. The van der Waals surface area contributed by atoms with Crippen molar-refractivity contribution in [1.29, 1.82) is 0 Å². The van der Waals surface area contributed by atoms with Crippen LogP contribution in [0.3, 0.4) is 0 Å². The van der Waals surface area contributed by atoms with Crippen LogP contribution in [0.1, 0.15) is 44.9 Å². The van der Waals surface area contributed by atoms with E-state index in [1.165, 1.54) is 6.07 Å². The molecule has 1 aliphatic carbocycles. The van der Waals surface area contributed by atoms with Gasteiger partial charge in [-0.25, -0.2) is 8.78 Å². The number of halogens is 2. The Kier molecular flexibility index (Phi) is 3.52. The van der Waals surface area contributed by atoms with Crippen LogP contribution >= 0.6 is 0 Å². The minimum atomic E-state index is -0.884. The normalized spacial score (nSPS) is 25.7. The lowest BCUT2D eigenvalue weighted by atomic mass is 9.64. The van der Waals surface area contributed by atoms with E-state index in [1.807, 2.05) is 10.6 Å². The molecule has 0 radical (unpaired) electrons. The molecule has 0 unspecified atom stereocenters. The molecule has 1 spiro atoms. The number of hydrogen-bond donors (Lipinski definition) is 1. The van der Waals surface area contributed by atoms with Crippen molar-refractivity contribution in [3.05, 3.63) is 59.3 Å². The Labute approximate surface area is 162 Å².